The number of nitrogens with one attached hydrogen (secondary N) is 1. The number of hydrogen-bond donors (Lipinski definition) is 1. The maximum Gasteiger partial charge on any atom is 0.271 e. The molecule has 0 aromatic carbocycles. The van der Waals surface area contributed by atoms with E-state index in [1.807, 2.05) is 0 Å². The average molecular weight is 279 g/mol. The third kappa shape index (κ3) is 2.39. The summed E-state index contributed by atoms with van der Waals surface area (Å²) in [5.41, 5.74) is -0.273. The Morgan fingerprint density at radius 2 is 2.53 bits per heavy atom. The summed E-state index contributed by atoms with van der Waals surface area (Å²) in [4.78, 5) is 28.7. The van der Waals surface area contributed by atoms with Crippen molar-refractivity contribution in [2.24, 2.45) is 0 Å². The first-order chi connectivity index (χ1) is 9.25. The fourth-order valence-corrected chi connectivity index (χ4v) is 2.76. The van der Waals surface area contributed by atoms with Crippen LogP contribution in [0.15, 0.2) is 22.6 Å². The maximum atomic E-state index is 12.1. The fourth-order valence-electron chi connectivity index (χ4n) is 2.09. The molecular formula is C12H13N3O3S. The van der Waals surface area contributed by atoms with E-state index < -0.39 is 5.91 Å². The zero-order valence-electron chi connectivity index (χ0n) is 10.2. The smallest absolute Gasteiger partial charge is 0.271 e. The Morgan fingerprint density at radius 3 is 3.32 bits per heavy atom. The van der Waals surface area contributed by atoms with Crippen molar-refractivity contribution in [2.75, 3.05) is 13.2 Å². The van der Waals surface area contributed by atoms with Crippen LogP contribution in [-0.4, -0.2) is 34.5 Å². The minimum Gasteiger partial charge on any atom is -0.376 e. The molecule has 19 heavy (non-hydrogen) atoms. The molecule has 0 bridgehead atoms. The van der Waals surface area contributed by atoms with Crippen LogP contribution in [0.25, 0.3) is 4.96 Å². The molecule has 0 radical (unpaired) electrons. The van der Waals surface area contributed by atoms with Crippen molar-refractivity contribution in [3.05, 3.63) is 33.7 Å². The predicted octanol–water partition coefficient (Wildman–Crippen LogP) is 0.665. The summed E-state index contributed by atoms with van der Waals surface area (Å²) < 4.78 is 6.80. The molecule has 6 nitrogen and oxygen atoms in total. The first kappa shape index (κ1) is 12.3. The first-order valence-corrected chi connectivity index (χ1v) is 6.98. The van der Waals surface area contributed by atoms with Crippen LogP contribution in [0.3, 0.4) is 0 Å². The van der Waals surface area contributed by atoms with Crippen molar-refractivity contribution in [2.45, 2.75) is 18.9 Å². The van der Waals surface area contributed by atoms with Crippen molar-refractivity contribution >= 4 is 22.2 Å². The van der Waals surface area contributed by atoms with E-state index in [0.717, 1.165) is 19.4 Å². The number of fused-ring (bicyclic) bond motifs is 1. The molecular weight excluding hydrogens is 266 g/mol. The maximum absolute atomic E-state index is 12.1. The molecule has 1 aliphatic rings. The number of ether oxygens (including phenoxy) is 1. The molecule has 1 amide bonds. The number of hydrogen-bond acceptors (Lipinski definition) is 5. The van der Waals surface area contributed by atoms with Gasteiger partial charge in [-0.25, -0.2) is 4.98 Å². The number of nitrogens with zero attached hydrogens (tertiary/aromatic N) is 2. The molecule has 3 rings (SSSR count). The van der Waals surface area contributed by atoms with E-state index in [1.54, 1.807) is 11.6 Å². The summed E-state index contributed by atoms with van der Waals surface area (Å²) in [6, 6.07) is 0. The molecule has 1 saturated heterocycles. The number of thiazole rings is 1. The van der Waals surface area contributed by atoms with Gasteiger partial charge >= 0.3 is 0 Å². The highest BCUT2D eigenvalue weighted by Crippen LogP contribution is 2.10. The van der Waals surface area contributed by atoms with E-state index >= 15 is 0 Å². The molecule has 3 heterocycles. The topological polar surface area (TPSA) is 72.7 Å². The molecule has 1 N–H and O–H groups in total. The van der Waals surface area contributed by atoms with Crippen LogP contribution in [0, 0.1) is 0 Å². The third-order valence-electron chi connectivity index (χ3n) is 3.10. The summed E-state index contributed by atoms with van der Waals surface area (Å²) in [6.45, 7) is 1.18. The SMILES string of the molecule is O=C(NCC1CCCO1)c1cnc2sccn2c1=O. The average Bonchev–Trinajstić information content (AvgIpc) is 3.07. The molecule has 0 spiro atoms. The Kier molecular flexibility index (Phi) is 3.31. The van der Waals surface area contributed by atoms with Crippen molar-refractivity contribution in [1.82, 2.24) is 14.7 Å². The number of rotatable bonds is 3. The Labute approximate surface area is 113 Å². The monoisotopic (exact) mass is 279 g/mol. The molecule has 0 saturated carbocycles. The Morgan fingerprint density at radius 1 is 1.63 bits per heavy atom. The third-order valence-corrected chi connectivity index (χ3v) is 3.87. The van der Waals surface area contributed by atoms with Gasteiger partial charge in [0.15, 0.2) is 4.96 Å². The van der Waals surface area contributed by atoms with Crippen molar-refractivity contribution in [1.29, 1.82) is 0 Å². The van der Waals surface area contributed by atoms with Gasteiger partial charge in [-0.2, -0.15) is 0 Å². The summed E-state index contributed by atoms with van der Waals surface area (Å²) in [5, 5.41) is 4.49. The van der Waals surface area contributed by atoms with Crippen LogP contribution >= 0.6 is 11.3 Å². The highest BCUT2D eigenvalue weighted by Gasteiger charge is 2.18. The van der Waals surface area contributed by atoms with Gasteiger partial charge in [0.25, 0.3) is 11.5 Å². The summed E-state index contributed by atoms with van der Waals surface area (Å²) in [5.74, 6) is -0.395. The predicted molar refractivity (Wildman–Crippen MR) is 70.6 cm³/mol. The zero-order chi connectivity index (χ0) is 13.2. The summed E-state index contributed by atoms with van der Waals surface area (Å²) in [7, 11) is 0. The van der Waals surface area contributed by atoms with Crippen LogP contribution < -0.4 is 10.9 Å². The lowest BCUT2D eigenvalue weighted by Gasteiger charge is -2.10. The molecule has 2 aromatic heterocycles. The molecule has 1 aliphatic heterocycles. The van der Waals surface area contributed by atoms with Crippen molar-refractivity contribution in [3.8, 4) is 0 Å². The number of aromatic nitrogens is 2. The Hall–Kier alpha value is -1.73. The summed E-state index contributed by atoms with van der Waals surface area (Å²) in [6.07, 6.45) is 4.97. The second-order valence-corrected chi connectivity index (χ2v) is 5.25. The molecule has 1 unspecified atom stereocenters. The van der Waals surface area contributed by atoms with Crippen molar-refractivity contribution < 1.29 is 9.53 Å². The van der Waals surface area contributed by atoms with E-state index in [-0.39, 0.29) is 17.2 Å². The minimum absolute atomic E-state index is 0.0598. The van der Waals surface area contributed by atoms with Gasteiger partial charge in [-0.05, 0) is 12.8 Å². The second-order valence-electron chi connectivity index (χ2n) is 4.38. The van der Waals surface area contributed by atoms with Gasteiger partial charge in [-0.15, -0.1) is 11.3 Å². The number of carbonyl (C=O) groups is 1. The lowest BCUT2D eigenvalue weighted by molar-refractivity contribution is 0.0856. The van der Waals surface area contributed by atoms with Crippen LogP contribution in [0.5, 0.6) is 0 Å². The van der Waals surface area contributed by atoms with Crippen LogP contribution in [0.4, 0.5) is 0 Å². The van der Waals surface area contributed by atoms with Gasteiger partial charge in [0, 0.05) is 30.9 Å². The Balaban J connectivity index is 1.77. The van der Waals surface area contributed by atoms with E-state index in [0.29, 0.717) is 11.5 Å². The van der Waals surface area contributed by atoms with Gasteiger partial charge in [-0.3, -0.25) is 14.0 Å². The van der Waals surface area contributed by atoms with E-state index in [2.05, 4.69) is 10.3 Å². The molecule has 100 valence electrons. The lowest BCUT2D eigenvalue weighted by Crippen LogP contribution is -2.35. The first-order valence-electron chi connectivity index (χ1n) is 6.10. The van der Waals surface area contributed by atoms with E-state index in [1.165, 1.54) is 21.9 Å². The lowest BCUT2D eigenvalue weighted by atomic mass is 10.2. The number of amides is 1. The zero-order valence-corrected chi connectivity index (χ0v) is 11.0. The van der Waals surface area contributed by atoms with Crippen LogP contribution in [-0.2, 0) is 4.74 Å². The molecule has 7 heteroatoms. The van der Waals surface area contributed by atoms with E-state index in [9.17, 15) is 9.59 Å². The minimum atomic E-state index is -0.395. The van der Waals surface area contributed by atoms with Crippen LogP contribution in [0.1, 0.15) is 23.2 Å². The normalized spacial score (nSPS) is 18.8. The molecule has 2 aromatic rings. The van der Waals surface area contributed by atoms with Gasteiger partial charge < -0.3 is 10.1 Å². The Bertz CT molecular complexity index is 658. The number of carbonyl (C=O) groups excluding carboxylic acids is 1. The van der Waals surface area contributed by atoms with Gasteiger partial charge in [0.2, 0.25) is 0 Å². The molecule has 0 aliphatic carbocycles. The largest absolute Gasteiger partial charge is 0.376 e. The van der Waals surface area contributed by atoms with E-state index in [4.69, 9.17) is 4.74 Å². The standard InChI is InChI=1S/C12H13N3O3S/c16-10(13-6-8-2-1-4-18-8)9-7-14-12-15(11(9)17)3-5-19-12/h3,5,7-8H,1-2,4,6H2,(H,13,16). The second kappa shape index (κ2) is 5.10. The molecule has 1 fully saturated rings. The fraction of sp³-hybridized carbons (Fsp3) is 0.417. The summed E-state index contributed by atoms with van der Waals surface area (Å²) >= 11 is 1.36. The van der Waals surface area contributed by atoms with Gasteiger partial charge in [0.05, 0.1) is 6.10 Å². The van der Waals surface area contributed by atoms with Crippen molar-refractivity contribution in [3.63, 3.8) is 0 Å². The quantitative estimate of drug-likeness (QED) is 0.896. The highest BCUT2D eigenvalue weighted by molar-refractivity contribution is 7.15. The highest BCUT2D eigenvalue weighted by atomic mass is 32.1. The molecule has 1 atom stereocenters. The van der Waals surface area contributed by atoms with Gasteiger partial charge in [-0.1, -0.05) is 0 Å². The van der Waals surface area contributed by atoms with Gasteiger partial charge in [0.1, 0.15) is 5.56 Å². The van der Waals surface area contributed by atoms with Crippen LogP contribution in [0.2, 0.25) is 0 Å².